The van der Waals surface area contributed by atoms with Gasteiger partial charge in [0.05, 0.1) is 28.5 Å². The number of nitrogens with one attached hydrogen (secondary N) is 2. The van der Waals surface area contributed by atoms with Crippen LogP contribution < -0.4 is 10.6 Å². The molecule has 0 saturated heterocycles. The van der Waals surface area contributed by atoms with Gasteiger partial charge < -0.3 is 15.7 Å². The fraction of sp³-hybridized carbons (Fsp3) is 0.227. The molecule has 0 unspecified atom stereocenters. The van der Waals surface area contributed by atoms with Gasteiger partial charge in [-0.3, -0.25) is 9.20 Å². The molecule has 0 aliphatic carbocycles. The molecule has 166 valence electrons. The first-order valence-corrected chi connectivity index (χ1v) is 9.89. The molecule has 4 aromatic rings. The van der Waals surface area contributed by atoms with Crippen LogP contribution >= 0.6 is 0 Å². The van der Waals surface area contributed by atoms with Gasteiger partial charge in [-0.2, -0.15) is 13.2 Å². The normalized spacial score (nSPS) is 11.8. The van der Waals surface area contributed by atoms with Crippen molar-refractivity contribution in [1.82, 2.24) is 19.7 Å². The van der Waals surface area contributed by atoms with Crippen LogP contribution in [0.15, 0.2) is 48.7 Å². The summed E-state index contributed by atoms with van der Waals surface area (Å²) >= 11 is 0. The molecule has 0 fully saturated rings. The standard InChI is InChI=1S/C22H20F3N5O2/c1-26-21(32)14-5-3-13(4-6-14)18-12-28-20-19(27-9-2-10-31)29-16-11-15(22(23,24)25)7-8-17(16)30(18)20/h3-8,11-12,31H,2,9-10H2,1H3,(H,26,32)(H,27,29). The number of aromatic nitrogens is 3. The number of nitrogens with zero attached hydrogens (tertiary/aromatic N) is 3. The van der Waals surface area contributed by atoms with Crippen molar-refractivity contribution >= 4 is 28.4 Å². The van der Waals surface area contributed by atoms with Crippen LogP contribution in [0, 0.1) is 0 Å². The summed E-state index contributed by atoms with van der Waals surface area (Å²) in [4.78, 5) is 20.6. The summed E-state index contributed by atoms with van der Waals surface area (Å²) in [6, 6.07) is 10.2. The highest BCUT2D eigenvalue weighted by Crippen LogP contribution is 2.34. The summed E-state index contributed by atoms with van der Waals surface area (Å²) in [5.41, 5.74) is 2.12. The highest BCUT2D eigenvalue weighted by Gasteiger charge is 2.31. The Bertz CT molecular complexity index is 1280. The molecule has 0 aliphatic heterocycles. The maximum atomic E-state index is 13.3. The topological polar surface area (TPSA) is 91.5 Å². The number of aliphatic hydroxyl groups excluding tert-OH is 1. The van der Waals surface area contributed by atoms with Gasteiger partial charge in [0.1, 0.15) is 0 Å². The van der Waals surface area contributed by atoms with E-state index in [1.807, 2.05) is 0 Å². The van der Waals surface area contributed by atoms with Gasteiger partial charge >= 0.3 is 6.18 Å². The number of carbonyl (C=O) groups is 1. The van der Waals surface area contributed by atoms with Crippen molar-refractivity contribution in [3.8, 4) is 11.3 Å². The summed E-state index contributed by atoms with van der Waals surface area (Å²) in [5, 5.41) is 14.7. The lowest BCUT2D eigenvalue weighted by molar-refractivity contribution is -0.137. The average Bonchev–Trinajstić information content (AvgIpc) is 3.23. The Balaban J connectivity index is 1.91. The number of halogens is 3. The van der Waals surface area contributed by atoms with Gasteiger partial charge in [-0.25, -0.2) is 9.97 Å². The Morgan fingerprint density at radius 3 is 2.56 bits per heavy atom. The van der Waals surface area contributed by atoms with Gasteiger partial charge in [0.25, 0.3) is 5.91 Å². The van der Waals surface area contributed by atoms with E-state index in [9.17, 15) is 18.0 Å². The number of fused-ring (bicyclic) bond motifs is 3. The van der Waals surface area contributed by atoms with Crippen LogP contribution in [0.4, 0.5) is 19.0 Å². The third kappa shape index (κ3) is 3.96. The second-order valence-corrected chi connectivity index (χ2v) is 7.12. The van der Waals surface area contributed by atoms with E-state index in [2.05, 4.69) is 20.6 Å². The van der Waals surface area contributed by atoms with Crippen LogP contribution in [-0.2, 0) is 6.18 Å². The molecule has 0 saturated carbocycles. The van der Waals surface area contributed by atoms with E-state index in [-0.39, 0.29) is 18.0 Å². The Labute approximate surface area is 180 Å². The Morgan fingerprint density at radius 1 is 1.16 bits per heavy atom. The zero-order valence-corrected chi connectivity index (χ0v) is 17.1. The molecular weight excluding hydrogens is 423 g/mol. The number of benzene rings is 2. The zero-order chi connectivity index (χ0) is 22.9. The van der Waals surface area contributed by atoms with Crippen LogP contribution in [-0.4, -0.2) is 45.6 Å². The van der Waals surface area contributed by atoms with E-state index in [1.165, 1.54) is 6.07 Å². The first-order chi connectivity index (χ1) is 15.3. The second-order valence-electron chi connectivity index (χ2n) is 7.12. The van der Waals surface area contributed by atoms with Gasteiger partial charge in [-0.15, -0.1) is 0 Å². The zero-order valence-electron chi connectivity index (χ0n) is 17.1. The molecule has 0 radical (unpaired) electrons. The lowest BCUT2D eigenvalue weighted by atomic mass is 10.1. The molecule has 32 heavy (non-hydrogen) atoms. The van der Waals surface area contributed by atoms with Crippen molar-refractivity contribution in [3.63, 3.8) is 0 Å². The highest BCUT2D eigenvalue weighted by atomic mass is 19.4. The summed E-state index contributed by atoms with van der Waals surface area (Å²) in [7, 11) is 1.54. The van der Waals surface area contributed by atoms with E-state index in [0.717, 1.165) is 17.7 Å². The molecule has 0 aliphatic rings. The van der Waals surface area contributed by atoms with Crippen LogP contribution in [0.2, 0.25) is 0 Å². The van der Waals surface area contributed by atoms with E-state index in [0.29, 0.717) is 41.2 Å². The fourth-order valence-corrected chi connectivity index (χ4v) is 3.46. The van der Waals surface area contributed by atoms with Crippen LogP contribution in [0.25, 0.3) is 27.9 Å². The minimum Gasteiger partial charge on any atom is -0.396 e. The Kier molecular flexibility index (Phi) is 5.70. The number of aliphatic hydroxyl groups is 1. The predicted octanol–water partition coefficient (Wildman–Crippen LogP) is 3.72. The summed E-state index contributed by atoms with van der Waals surface area (Å²) in [5.74, 6) is 0.0953. The van der Waals surface area contributed by atoms with Crippen molar-refractivity contribution < 1.29 is 23.1 Å². The van der Waals surface area contributed by atoms with Crippen LogP contribution in [0.1, 0.15) is 22.3 Å². The molecule has 4 rings (SSSR count). The van der Waals surface area contributed by atoms with E-state index in [4.69, 9.17) is 5.11 Å². The smallest absolute Gasteiger partial charge is 0.396 e. The minimum atomic E-state index is -4.50. The van der Waals surface area contributed by atoms with Gasteiger partial charge in [0, 0.05) is 31.3 Å². The van der Waals surface area contributed by atoms with E-state index < -0.39 is 11.7 Å². The third-order valence-corrected chi connectivity index (χ3v) is 5.05. The average molecular weight is 443 g/mol. The monoisotopic (exact) mass is 443 g/mol. The number of hydrogen-bond donors (Lipinski definition) is 3. The number of hydrogen-bond acceptors (Lipinski definition) is 5. The number of carbonyl (C=O) groups excluding carboxylic acids is 1. The number of rotatable bonds is 6. The van der Waals surface area contributed by atoms with Crippen molar-refractivity contribution in [2.24, 2.45) is 0 Å². The highest BCUT2D eigenvalue weighted by molar-refractivity contribution is 5.94. The van der Waals surface area contributed by atoms with E-state index >= 15 is 0 Å². The lowest BCUT2D eigenvalue weighted by Gasteiger charge is -2.13. The predicted molar refractivity (Wildman–Crippen MR) is 115 cm³/mol. The van der Waals surface area contributed by atoms with Gasteiger partial charge in [-0.1, -0.05) is 12.1 Å². The quantitative estimate of drug-likeness (QED) is 0.395. The van der Waals surface area contributed by atoms with Crippen molar-refractivity contribution in [1.29, 1.82) is 0 Å². The molecule has 7 nitrogen and oxygen atoms in total. The third-order valence-electron chi connectivity index (χ3n) is 5.05. The summed E-state index contributed by atoms with van der Waals surface area (Å²) < 4.78 is 41.6. The molecule has 10 heteroatoms. The van der Waals surface area contributed by atoms with Gasteiger partial charge in [0.2, 0.25) is 0 Å². The largest absolute Gasteiger partial charge is 0.416 e. The first-order valence-electron chi connectivity index (χ1n) is 9.89. The number of anilines is 1. The second kappa shape index (κ2) is 8.46. The molecule has 2 aromatic heterocycles. The summed E-state index contributed by atoms with van der Waals surface area (Å²) in [6.45, 7) is 0.346. The van der Waals surface area contributed by atoms with Crippen molar-refractivity contribution in [2.75, 3.05) is 25.5 Å². The first kappa shape index (κ1) is 21.6. The molecule has 1 amide bonds. The van der Waals surface area contributed by atoms with Gasteiger partial charge in [0.15, 0.2) is 11.5 Å². The Hall–Kier alpha value is -3.66. The molecule has 3 N–H and O–H groups in total. The lowest BCUT2D eigenvalue weighted by Crippen LogP contribution is -2.17. The maximum absolute atomic E-state index is 13.3. The number of alkyl halides is 3. The van der Waals surface area contributed by atoms with Crippen molar-refractivity contribution in [2.45, 2.75) is 12.6 Å². The molecule has 2 heterocycles. The summed E-state index contributed by atoms with van der Waals surface area (Å²) in [6.07, 6.45) is -2.44. The molecule has 0 spiro atoms. The SMILES string of the molecule is CNC(=O)c1ccc(-c2cnc3c(NCCCO)nc4cc(C(F)(F)F)ccc4n23)cc1. The van der Waals surface area contributed by atoms with Gasteiger partial charge in [-0.05, 0) is 36.8 Å². The maximum Gasteiger partial charge on any atom is 0.416 e. The number of imidazole rings is 1. The minimum absolute atomic E-state index is 0.0353. The van der Waals surface area contributed by atoms with Crippen molar-refractivity contribution in [3.05, 3.63) is 59.8 Å². The Morgan fingerprint density at radius 2 is 1.91 bits per heavy atom. The molecule has 0 atom stereocenters. The fourth-order valence-electron chi connectivity index (χ4n) is 3.46. The van der Waals surface area contributed by atoms with Crippen LogP contribution in [0.5, 0.6) is 0 Å². The van der Waals surface area contributed by atoms with E-state index in [1.54, 1.807) is 41.9 Å². The molecular formula is C22H20F3N5O2. The van der Waals surface area contributed by atoms with Crippen LogP contribution in [0.3, 0.4) is 0 Å². The molecule has 0 bridgehead atoms. The molecule has 2 aromatic carbocycles. The number of amides is 1.